The van der Waals surface area contributed by atoms with E-state index in [1.807, 2.05) is 18.0 Å². The molecule has 0 amide bonds. The van der Waals surface area contributed by atoms with Crippen molar-refractivity contribution in [1.29, 1.82) is 0 Å². The summed E-state index contributed by atoms with van der Waals surface area (Å²) in [6.45, 7) is 0.680. The van der Waals surface area contributed by atoms with Crippen LogP contribution in [0, 0.1) is 11.6 Å². The Hall–Kier alpha value is -2.10. The average molecular weight is 262 g/mol. The number of anilines is 2. The quantitative estimate of drug-likeness (QED) is 0.857. The van der Waals surface area contributed by atoms with Crippen molar-refractivity contribution in [1.82, 2.24) is 0 Å². The normalized spacial score (nSPS) is 10.5. The molecule has 0 saturated carbocycles. The number of nitrogens with two attached hydrogens (primary N) is 1. The third-order valence-corrected chi connectivity index (χ3v) is 3.03. The predicted molar refractivity (Wildman–Crippen MR) is 74.2 cm³/mol. The van der Waals surface area contributed by atoms with Gasteiger partial charge in [-0.05, 0) is 42.3 Å². The van der Waals surface area contributed by atoms with E-state index < -0.39 is 0 Å². The van der Waals surface area contributed by atoms with Crippen molar-refractivity contribution in [2.24, 2.45) is 0 Å². The first-order chi connectivity index (χ1) is 9.06. The van der Waals surface area contributed by atoms with Crippen LogP contribution in [0.15, 0.2) is 42.5 Å². The molecule has 0 radical (unpaired) electrons. The van der Waals surface area contributed by atoms with E-state index in [2.05, 4.69) is 0 Å². The molecular formula is C15H16F2N2. The SMILES string of the molecule is CN(CCc1cccc(F)c1)c1ccc(F)cc1N. The Morgan fingerprint density at radius 1 is 1.05 bits per heavy atom. The van der Waals surface area contributed by atoms with Crippen molar-refractivity contribution < 1.29 is 8.78 Å². The van der Waals surface area contributed by atoms with Gasteiger partial charge in [-0.25, -0.2) is 8.78 Å². The van der Waals surface area contributed by atoms with Crippen LogP contribution in [0.3, 0.4) is 0 Å². The number of benzene rings is 2. The number of hydrogen-bond acceptors (Lipinski definition) is 2. The van der Waals surface area contributed by atoms with Gasteiger partial charge in [-0.1, -0.05) is 12.1 Å². The molecule has 0 fully saturated rings. The van der Waals surface area contributed by atoms with Crippen molar-refractivity contribution in [3.63, 3.8) is 0 Å². The summed E-state index contributed by atoms with van der Waals surface area (Å²) in [6.07, 6.45) is 0.699. The highest BCUT2D eigenvalue weighted by Crippen LogP contribution is 2.23. The smallest absolute Gasteiger partial charge is 0.125 e. The summed E-state index contributed by atoms with van der Waals surface area (Å²) < 4.78 is 26.0. The fraction of sp³-hybridized carbons (Fsp3) is 0.200. The molecular weight excluding hydrogens is 246 g/mol. The molecule has 2 aromatic carbocycles. The molecule has 0 saturated heterocycles. The van der Waals surface area contributed by atoms with Crippen molar-refractivity contribution in [3.8, 4) is 0 Å². The molecule has 0 atom stereocenters. The summed E-state index contributed by atoms with van der Waals surface area (Å²) in [6, 6.07) is 10.8. The van der Waals surface area contributed by atoms with Crippen LogP contribution in [0.4, 0.5) is 20.2 Å². The van der Waals surface area contributed by atoms with Crippen LogP contribution in [0.5, 0.6) is 0 Å². The van der Waals surface area contributed by atoms with Gasteiger partial charge in [0, 0.05) is 13.6 Å². The molecule has 0 heterocycles. The second kappa shape index (κ2) is 5.69. The second-order valence-corrected chi connectivity index (χ2v) is 4.50. The molecule has 2 rings (SSSR count). The van der Waals surface area contributed by atoms with Crippen molar-refractivity contribution >= 4 is 11.4 Å². The van der Waals surface area contributed by atoms with Crippen molar-refractivity contribution in [3.05, 3.63) is 59.7 Å². The Kier molecular flexibility index (Phi) is 4.00. The van der Waals surface area contributed by atoms with Crippen LogP contribution in [0.1, 0.15) is 5.56 Å². The van der Waals surface area contributed by atoms with E-state index in [1.54, 1.807) is 12.1 Å². The summed E-state index contributed by atoms with van der Waals surface area (Å²) >= 11 is 0. The maximum absolute atomic E-state index is 13.0. The molecule has 0 aliphatic rings. The van der Waals surface area contributed by atoms with Crippen LogP contribution in [-0.4, -0.2) is 13.6 Å². The highest BCUT2D eigenvalue weighted by Gasteiger charge is 2.06. The van der Waals surface area contributed by atoms with E-state index in [-0.39, 0.29) is 11.6 Å². The van der Waals surface area contributed by atoms with Gasteiger partial charge in [0.1, 0.15) is 11.6 Å². The molecule has 0 aliphatic carbocycles. The van der Waals surface area contributed by atoms with Crippen LogP contribution < -0.4 is 10.6 Å². The average Bonchev–Trinajstić information content (AvgIpc) is 2.36. The Bertz CT molecular complexity index is 570. The minimum Gasteiger partial charge on any atom is -0.397 e. The lowest BCUT2D eigenvalue weighted by atomic mass is 10.1. The van der Waals surface area contributed by atoms with Crippen molar-refractivity contribution in [2.75, 3.05) is 24.2 Å². The van der Waals surface area contributed by atoms with E-state index >= 15 is 0 Å². The highest BCUT2D eigenvalue weighted by atomic mass is 19.1. The zero-order valence-corrected chi connectivity index (χ0v) is 10.7. The molecule has 0 unspecified atom stereocenters. The number of halogens is 2. The molecule has 4 heteroatoms. The first kappa shape index (κ1) is 13.3. The fourth-order valence-corrected chi connectivity index (χ4v) is 1.98. The van der Waals surface area contributed by atoms with Gasteiger partial charge >= 0.3 is 0 Å². The van der Waals surface area contributed by atoms with E-state index in [0.717, 1.165) is 11.3 Å². The summed E-state index contributed by atoms with van der Waals surface area (Å²) in [4.78, 5) is 1.93. The first-order valence-electron chi connectivity index (χ1n) is 6.07. The maximum atomic E-state index is 13.0. The fourth-order valence-electron chi connectivity index (χ4n) is 1.98. The molecule has 0 aliphatic heterocycles. The lowest BCUT2D eigenvalue weighted by molar-refractivity contribution is 0.624. The monoisotopic (exact) mass is 262 g/mol. The summed E-state index contributed by atoms with van der Waals surface area (Å²) in [7, 11) is 1.88. The van der Waals surface area contributed by atoms with Gasteiger partial charge in [0.05, 0.1) is 11.4 Å². The number of nitrogens with zero attached hydrogens (tertiary/aromatic N) is 1. The van der Waals surface area contributed by atoms with Crippen LogP contribution in [0.2, 0.25) is 0 Å². The zero-order valence-electron chi connectivity index (χ0n) is 10.7. The third-order valence-electron chi connectivity index (χ3n) is 3.03. The Labute approximate surface area is 111 Å². The highest BCUT2D eigenvalue weighted by molar-refractivity contribution is 5.67. The standard InChI is InChI=1S/C15H16F2N2/c1-19(15-6-5-13(17)10-14(15)18)8-7-11-3-2-4-12(16)9-11/h2-6,9-10H,7-8,18H2,1H3. The van der Waals surface area contributed by atoms with Crippen molar-refractivity contribution in [2.45, 2.75) is 6.42 Å². The van der Waals surface area contributed by atoms with Crippen LogP contribution >= 0.6 is 0 Å². The maximum Gasteiger partial charge on any atom is 0.125 e. The minimum atomic E-state index is -0.347. The number of likely N-dealkylation sites (N-methyl/N-ethyl adjacent to an activating group) is 1. The molecule has 0 spiro atoms. The summed E-state index contributed by atoms with van der Waals surface area (Å²) in [5.74, 6) is -0.582. The molecule has 2 nitrogen and oxygen atoms in total. The lowest BCUT2D eigenvalue weighted by Gasteiger charge is -2.21. The van der Waals surface area contributed by atoms with E-state index in [9.17, 15) is 8.78 Å². The van der Waals surface area contributed by atoms with E-state index in [0.29, 0.717) is 18.7 Å². The molecule has 2 aromatic rings. The number of hydrogen-bond donors (Lipinski definition) is 1. The Balaban J connectivity index is 2.03. The van der Waals surface area contributed by atoms with Crippen LogP contribution in [-0.2, 0) is 6.42 Å². The number of rotatable bonds is 4. The van der Waals surface area contributed by atoms with Gasteiger partial charge in [0.15, 0.2) is 0 Å². The molecule has 100 valence electrons. The molecule has 2 N–H and O–H groups in total. The third kappa shape index (κ3) is 3.44. The van der Waals surface area contributed by atoms with E-state index in [1.165, 1.54) is 24.3 Å². The second-order valence-electron chi connectivity index (χ2n) is 4.50. The Morgan fingerprint density at radius 3 is 2.47 bits per heavy atom. The van der Waals surface area contributed by atoms with Gasteiger partial charge in [-0.2, -0.15) is 0 Å². The van der Waals surface area contributed by atoms with Gasteiger partial charge in [-0.3, -0.25) is 0 Å². The zero-order chi connectivity index (χ0) is 13.8. The number of nitrogen functional groups attached to an aromatic ring is 1. The first-order valence-corrected chi connectivity index (χ1v) is 6.07. The summed E-state index contributed by atoms with van der Waals surface area (Å²) in [5, 5.41) is 0. The molecule has 0 aromatic heterocycles. The van der Waals surface area contributed by atoms with Gasteiger partial charge in [-0.15, -0.1) is 0 Å². The largest absolute Gasteiger partial charge is 0.397 e. The molecule has 19 heavy (non-hydrogen) atoms. The lowest BCUT2D eigenvalue weighted by Crippen LogP contribution is -2.21. The van der Waals surface area contributed by atoms with Gasteiger partial charge in [0.25, 0.3) is 0 Å². The predicted octanol–water partition coefficient (Wildman–Crippen LogP) is 3.23. The van der Waals surface area contributed by atoms with Crippen LogP contribution in [0.25, 0.3) is 0 Å². The van der Waals surface area contributed by atoms with E-state index in [4.69, 9.17) is 5.73 Å². The van der Waals surface area contributed by atoms with Gasteiger partial charge in [0.2, 0.25) is 0 Å². The van der Waals surface area contributed by atoms with Gasteiger partial charge < -0.3 is 10.6 Å². The Morgan fingerprint density at radius 2 is 1.79 bits per heavy atom. The topological polar surface area (TPSA) is 29.3 Å². The molecule has 0 bridgehead atoms. The summed E-state index contributed by atoms with van der Waals surface area (Å²) in [5.41, 5.74) is 7.88. The minimum absolute atomic E-state index is 0.235.